The van der Waals surface area contributed by atoms with E-state index in [9.17, 15) is 5.11 Å². The van der Waals surface area contributed by atoms with Crippen LogP contribution in [0, 0.1) is 0 Å². The van der Waals surface area contributed by atoms with Crippen molar-refractivity contribution in [3.05, 3.63) is 45.7 Å². The molecule has 0 saturated carbocycles. The molecule has 6 heteroatoms. The van der Waals surface area contributed by atoms with Gasteiger partial charge in [-0.2, -0.15) is 0 Å². The van der Waals surface area contributed by atoms with E-state index < -0.39 is 6.10 Å². The van der Waals surface area contributed by atoms with Crippen molar-refractivity contribution in [3.63, 3.8) is 0 Å². The van der Waals surface area contributed by atoms with E-state index >= 15 is 0 Å². The first-order chi connectivity index (χ1) is 8.08. The molecule has 0 spiro atoms. The number of aliphatic hydroxyl groups excluding tert-OH is 1. The molecular formula is C11H11Cl2N3O. The van der Waals surface area contributed by atoms with E-state index in [2.05, 4.69) is 10.3 Å². The van der Waals surface area contributed by atoms with Crippen LogP contribution in [0.4, 0.5) is 0 Å². The summed E-state index contributed by atoms with van der Waals surface area (Å²) in [6.07, 6.45) is 1.33. The monoisotopic (exact) mass is 271 g/mol. The van der Waals surface area contributed by atoms with Gasteiger partial charge in [0.1, 0.15) is 6.10 Å². The number of aryl methyl sites for hydroxylation is 1. The summed E-state index contributed by atoms with van der Waals surface area (Å²) in [6, 6.07) is 5.30. The fourth-order valence-electron chi connectivity index (χ4n) is 1.59. The van der Waals surface area contributed by atoms with Crippen LogP contribution in [0.15, 0.2) is 24.4 Å². The van der Waals surface area contributed by atoms with Crippen LogP contribution in [-0.2, 0) is 13.5 Å². The lowest BCUT2D eigenvalue weighted by atomic mass is 10.1. The number of aliphatic hydroxyl groups is 1. The van der Waals surface area contributed by atoms with Crippen molar-refractivity contribution in [1.29, 1.82) is 0 Å². The van der Waals surface area contributed by atoms with Gasteiger partial charge in [-0.1, -0.05) is 34.5 Å². The number of hydrogen-bond acceptors (Lipinski definition) is 3. The molecule has 0 aliphatic rings. The van der Waals surface area contributed by atoms with Gasteiger partial charge in [-0.3, -0.25) is 0 Å². The quantitative estimate of drug-likeness (QED) is 0.933. The Bertz CT molecular complexity index is 527. The van der Waals surface area contributed by atoms with E-state index in [4.69, 9.17) is 23.2 Å². The minimum Gasteiger partial charge on any atom is -0.386 e. The minimum atomic E-state index is -0.660. The normalized spacial score (nSPS) is 12.7. The molecule has 1 aromatic heterocycles. The largest absolute Gasteiger partial charge is 0.386 e. The van der Waals surface area contributed by atoms with Crippen LogP contribution < -0.4 is 0 Å². The maximum atomic E-state index is 10.0. The summed E-state index contributed by atoms with van der Waals surface area (Å²) < 4.78 is 1.54. The third kappa shape index (κ3) is 2.77. The van der Waals surface area contributed by atoms with Crippen LogP contribution >= 0.6 is 23.2 Å². The lowest BCUT2D eigenvalue weighted by molar-refractivity contribution is 0.168. The highest BCUT2D eigenvalue weighted by molar-refractivity contribution is 6.42. The van der Waals surface area contributed by atoms with Crippen molar-refractivity contribution in [2.75, 3.05) is 0 Å². The molecule has 1 atom stereocenters. The molecule has 0 radical (unpaired) electrons. The van der Waals surface area contributed by atoms with Crippen molar-refractivity contribution < 1.29 is 5.11 Å². The first kappa shape index (κ1) is 12.4. The number of halogens is 2. The van der Waals surface area contributed by atoms with Gasteiger partial charge in [-0.25, -0.2) is 4.68 Å². The van der Waals surface area contributed by atoms with Gasteiger partial charge >= 0.3 is 0 Å². The molecule has 0 amide bonds. The van der Waals surface area contributed by atoms with Crippen LogP contribution in [0.1, 0.15) is 17.4 Å². The molecule has 1 unspecified atom stereocenters. The highest BCUT2D eigenvalue weighted by Gasteiger charge is 2.13. The van der Waals surface area contributed by atoms with Gasteiger partial charge in [0.05, 0.1) is 21.9 Å². The third-order valence-corrected chi connectivity index (χ3v) is 3.24. The number of nitrogens with zero attached hydrogens (tertiary/aromatic N) is 3. The predicted molar refractivity (Wildman–Crippen MR) is 66.1 cm³/mol. The van der Waals surface area contributed by atoms with Crippen molar-refractivity contribution >= 4 is 23.2 Å². The van der Waals surface area contributed by atoms with E-state index in [1.54, 1.807) is 30.1 Å². The summed E-state index contributed by atoms with van der Waals surface area (Å²) in [6.45, 7) is 0. The smallest absolute Gasteiger partial charge is 0.101 e. The van der Waals surface area contributed by atoms with E-state index in [0.717, 1.165) is 5.56 Å². The summed E-state index contributed by atoms with van der Waals surface area (Å²) in [5.41, 5.74) is 1.57. The van der Waals surface area contributed by atoms with Crippen molar-refractivity contribution in [2.24, 2.45) is 7.05 Å². The number of hydrogen-bond donors (Lipinski definition) is 1. The Balaban J connectivity index is 2.16. The van der Waals surface area contributed by atoms with Crippen LogP contribution in [0.3, 0.4) is 0 Å². The molecule has 17 heavy (non-hydrogen) atoms. The Morgan fingerprint density at radius 3 is 2.71 bits per heavy atom. The molecule has 0 fully saturated rings. The second-order valence-corrected chi connectivity index (χ2v) is 4.57. The lowest BCUT2D eigenvalue weighted by Crippen LogP contribution is -2.07. The second-order valence-electron chi connectivity index (χ2n) is 3.75. The molecule has 0 bridgehead atoms. The van der Waals surface area contributed by atoms with Gasteiger partial charge in [0, 0.05) is 13.5 Å². The molecule has 0 aliphatic heterocycles. The van der Waals surface area contributed by atoms with E-state index in [1.165, 1.54) is 0 Å². The zero-order valence-corrected chi connectivity index (χ0v) is 10.7. The average Bonchev–Trinajstić information content (AvgIpc) is 2.70. The summed E-state index contributed by atoms with van der Waals surface area (Å²) in [7, 11) is 1.74. The molecule has 1 heterocycles. The zero-order chi connectivity index (χ0) is 12.4. The Morgan fingerprint density at radius 2 is 2.12 bits per heavy atom. The van der Waals surface area contributed by atoms with E-state index in [1.807, 2.05) is 6.07 Å². The van der Waals surface area contributed by atoms with Crippen molar-refractivity contribution in [2.45, 2.75) is 12.5 Å². The van der Waals surface area contributed by atoms with E-state index in [-0.39, 0.29) is 0 Å². The van der Waals surface area contributed by atoms with Gasteiger partial charge < -0.3 is 5.11 Å². The minimum absolute atomic E-state index is 0.443. The summed E-state index contributed by atoms with van der Waals surface area (Å²) in [5.74, 6) is 0. The number of aromatic nitrogens is 3. The lowest BCUT2D eigenvalue weighted by Gasteiger charge is -2.10. The van der Waals surface area contributed by atoms with Crippen LogP contribution in [0.25, 0.3) is 0 Å². The molecule has 1 N–H and O–H groups in total. The highest BCUT2D eigenvalue weighted by Crippen LogP contribution is 2.25. The predicted octanol–water partition coefficient (Wildman–Crippen LogP) is 2.40. The fraction of sp³-hybridized carbons (Fsp3) is 0.273. The van der Waals surface area contributed by atoms with Crippen LogP contribution in [0.2, 0.25) is 10.0 Å². The van der Waals surface area contributed by atoms with Crippen LogP contribution in [0.5, 0.6) is 0 Å². The Morgan fingerprint density at radius 1 is 1.35 bits per heavy atom. The average molecular weight is 272 g/mol. The third-order valence-electron chi connectivity index (χ3n) is 2.50. The van der Waals surface area contributed by atoms with Gasteiger partial charge in [0.15, 0.2) is 0 Å². The molecule has 4 nitrogen and oxygen atoms in total. The van der Waals surface area contributed by atoms with Gasteiger partial charge in [-0.15, -0.1) is 5.10 Å². The zero-order valence-electron chi connectivity index (χ0n) is 9.14. The van der Waals surface area contributed by atoms with Gasteiger partial charge in [0.25, 0.3) is 0 Å². The molecule has 2 aromatic rings. The van der Waals surface area contributed by atoms with Crippen molar-refractivity contribution in [1.82, 2.24) is 15.0 Å². The number of benzene rings is 1. The second kappa shape index (κ2) is 5.04. The fourth-order valence-corrected chi connectivity index (χ4v) is 1.91. The highest BCUT2D eigenvalue weighted by atomic mass is 35.5. The Hall–Kier alpha value is -1.10. The summed E-state index contributed by atoms with van der Waals surface area (Å²) >= 11 is 11.7. The molecule has 2 rings (SSSR count). The Kier molecular flexibility index (Phi) is 3.66. The Labute approximate surface area is 109 Å². The molecular weight excluding hydrogens is 261 g/mol. The van der Waals surface area contributed by atoms with Gasteiger partial charge in [-0.05, 0) is 17.7 Å². The van der Waals surface area contributed by atoms with Crippen LogP contribution in [-0.4, -0.2) is 20.1 Å². The maximum absolute atomic E-state index is 10.0. The van der Waals surface area contributed by atoms with Crippen molar-refractivity contribution in [3.8, 4) is 0 Å². The van der Waals surface area contributed by atoms with E-state index in [0.29, 0.717) is 22.2 Å². The summed E-state index contributed by atoms with van der Waals surface area (Å²) in [5, 5.41) is 18.5. The molecule has 1 aromatic carbocycles. The number of rotatable bonds is 3. The first-order valence-corrected chi connectivity index (χ1v) is 5.80. The molecule has 0 saturated heterocycles. The molecule has 0 aliphatic carbocycles. The molecule has 90 valence electrons. The maximum Gasteiger partial charge on any atom is 0.101 e. The summed E-state index contributed by atoms with van der Waals surface area (Å²) in [4.78, 5) is 0. The first-order valence-electron chi connectivity index (χ1n) is 5.04. The van der Waals surface area contributed by atoms with Gasteiger partial charge in [0.2, 0.25) is 0 Å². The standard InChI is InChI=1S/C11H11Cl2N3O/c1-16-10(6-14-15-16)11(17)5-7-2-3-8(12)9(13)4-7/h2-4,6,11,17H,5H2,1H3. The SMILES string of the molecule is Cn1nncc1C(O)Cc1ccc(Cl)c(Cl)c1. The topological polar surface area (TPSA) is 50.9 Å².